The van der Waals surface area contributed by atoms with E-state index < -0.39 is 5.60 Å². The summed E-state index contributed by atoms with van der Waals surface area (Å²) >= 11 is 0. The molecule has 1 aliphatic heterocycles. The Morgan fingerprint density at radius 3 is 2.71 bits per heavy atom. The number of fused-ring (bicyclic) bond motifs is 1. The zero-order valence-corrected chi connectivity index (χ0v) is 16.6. The summed E-state index contributed by atoms with van der Waals surface area (Å²) in [4.78, 5) is 18.8. The first-order valence-electron chi connectivity index (χ1n) is 9.79. The lowest BCUT2D eigenvalue weighted by Gasteiger charge is -2.34. The molecule has 6 nitrogen and oxygen atoms in total. The van der Waals surface area contributed by atoms with Gasteiger partial charge in [0.05, 0.1) is 11.4 Å². The quantitative estimate of drug-likeness (QED) is 0.658. The molecule has 1 aromatic carbocycles. The predicted molar refractivity (Wildman–Crippen MR) is 108 cm³/mol. The predicted octanol–water partition coefficient (Wildman–Crippen LogP) is 4.51. The van der Waals surface area contributed by atoms with Crippen molar-refractivity contribution < 1.29 is 9.53 Å². The third-order valence-electron chi connectivity index (χ3n) is 4.95. The number of likely N-dealkylation sites (tertiary alicyclic amines) is 1. The lowest BCUT2D eigenvalue weighted by molar-refractivity contribution is 0.0196. The van der Waals surface area contributed by atoms with Gasteiger partial charge in [0.15, 0.2) is 5.65 Å². The molecule has 0 saturated carbocycles. The average Bonchev–Trinajstić information content (AvgIpc) is 3.12. The molecular formula is C22H26N4O2. The molecule has 4 rings (SSSR count). The van der Waals surface area contributed by atoms with E-state index in [0.29, 0.717) is 6.54 Å². The van der Waals surface area contributed by atoms with Crippen molar-refractivity contribution in [3.05, 3.63) is 54.4 Å². The maximum atomic E-state index is 12.5. The van der Waals surface area contributed by atoms with E-state index in [1.807, 2.05) is 78.8 Å². The molecule has 1 amide bonds. The Bertz CT molecular complexity index is 975. The first kappa shape index (κ1) is 18.5. The number of aromatic nitrogens is 3. The van der Waals surface area contributed by atoms with Gasteiger partial charge in [-0.2, -0.15) is 5.10 Å². The Kier molecular flexibility index (Phi) is 4.79. The van der Waals surface area contributed by atoms with Crippen LogP contribution < -0.4 is 0 Å². The van der Waals surface area contributed by atoms with Gasteiger partial charge in [0.25, 0.3) is 0 Å². The summed E-state index contributed by atoms with van der Waals surface area (Å²) in [6, 6.07) is 14.1. The first-order valence-corrected chi connectivity index (χ1v) is 9.79. The largest absolute Gasteiger partial charge is 0.444 e. The van der Waals surface area contributed by atoms with Crippen LogP contribution >= 0.6 is 0 Å². The van der Waals surface area contributed by atoms with Crippen LogP contribution in [0.5, 0.6) is 0 Å². The lowest BCUT2D eigenvalue weighted by atomic mass is 9.95. The number of carbonyl (C=O) groups excluding carboxylic acids is 1. The van der Waals surface area contributed by atoms with Crippen molar-refractivity contribution in [1.29, 1.82) is 0 Å². The number of hydrogen-bond acceptors (Lipinski definition) is 4. The molecule has 2 aromatic heterocycles. The van der Waals surface area contributed by atoms with Gasteiger partial charge in [0.1, 0.15) is 5.60 Å². The Morgan fingerprint density at radius 2 is 1.96 bits per heavy atom. The molecule has 0 N–H and O–H groups in total. The number of piperidine rings is 1. The zero-order valence-electron chi connectivity index (χ0n) is 16.6. The lowest BCUT2D eigenvalue weighted by Crippen LogP contribution is -2.42. The molecule has 28 heavy (non-hydrogen) atoms. The maximum absolute atomic E-state index is 12.5. The summed E-state index contributed by atoms with van der Waals surface area (Å²) < 4.78 is 7.49. The van der Waals surface area contributed by atoms with Crippen LogP contribution in [0.25, 0.3) is 16.9 Å². The molecule has 3 heterocycles. The summed E-state index contributed by atoms with van der Waals surface area (Å²) in [6.07, 6.45) is 3.54. The van der Waals surface area contributed by atoms with E-state index in [9.17, 15) is 4.79 Å². The molecule has 6 heteroatoms. The Hall–Kier alpha value is -2.89. The first-order chi connectivity index (χ1) is 13.4. The number of ether oxygens (including phenoxy) is 1. The number of benzene rings is 1. The minimum atomic E-state index is -0.486. The van der Waals surface area contributed by atoms with E-state index in [0.717, 1.165) is 42.0 Å². The normalized spacial score (nSPS) is 17.7. The molecule has 0 bridgehead atoms. The highest BCUT2D eigenvalue weighted by molar-refractivity contribution is 5.68. The van der Waals surface area contributed by atoms with E-state index in [2.05, 4.69) is 4.98 Å². The van der Waals surface area contributed by atoms with Crippen LogP contribution in [0.4, 0.5) is 4.79 Å². The van der Waals surface area contributed by atoms with E-state index in [1.165, 1.54) is 0 Å². The van der Waals surface area contributed by atoms with Crippen molar-refractivity contribution in [3.63, 3.8) is 0 Å². The fraction of sp³-hybridized carbons (Fsp3) is 0.409. The molecule has 0 spiro atoms. The molecule has 1 fully saturated rings. The van der Waals surface area contributed by atoms with Crippen molar-refractivity contribution in [3.8, 4) is 11.3 Å². The monoisotopic (exact) mass is 378 g/mol. The summed E-state index contributed by atoms with van der Waals surface area (Å²) in [5, 5.41) is 4.81. The number of nitrogens with zero attached hydrogens (tertiary/aromatic N) is 4. The van der Waals surface area contributed by atoms with E-state index in [1.54, 1.807) is 0 Å². The van der Waals surface area contributed by atoms with Crippen LogP contribution in [0.2, 0.25) is 0 Å². The summed E-state index contributed by atoms with van der Waals surface area (Å²) in [7, 11) is 0. The molecule has 0 unspecified atom stereocenters. The van der Waals surface area contributed by atoms with E-state index in [4.69, 9.17) is 9.84 Å². The third-order valence-corrected chi connectivity index (χ3v) is 4.95. The molecule has 1 saturated heterocycles. The molecule has 0 radical (unpaired) electrons. The molecule has 1 atom stereocenters. The van der Waals surface area contributed by atoms with Gasteiger partial charge in [0, 0.05) is 36.8 Å². The molecular weight excluding hydrogens is 352 g/mol. The van der Waals surface area contributed by atoms with Crippen molar-refractivity contribution in [2.45, 2.75) is 45.1 Å². The Morgan fingerprint density at radius 1 is 1.18 bits per heavy atom. The second-order valence-corrected chi connectivity index (χ2v) is 8.30. The molecule has 3 aromatic rings. The minimum Gasteiger partial charge on any atom is -0.444 e. The number of amides is 1. The van der Waals surface area contributed by atoms with Gasteiger partial charge in [-0.25, -0.2) is 14.3 Å². The van der Waals surface area contributed by atoms with Crippen LogP contribution in [0.3, 0.4) is 0 Å². The van der Waals surface area contributed by atoms with Gasteiger partial charge in [-0.1, -0.05) is 30.3 Å². The summed E-state index contributed by atoms with van der Waals surface area (Å²) in [6.45, 7) is 7.05. The third kappa shape index (κ3) is 3.86. The van der Waals surface area contributed by atoms with Crippen molar-refractivity contribution in [2.24, 2.45) is 0 Å². The minimum absolute atomic E-state index is 0.204. The molecule has 1 aliphatic rings. The van der Waals surface area contributed by atoms with Crippen LogP contribution in [0, 0.1) is 0 Å². The Labute approximate surface area is 165 Å². The SMILES string of the molecule is CC(C)(C)OC(=O)N1CCC[C@@H](c2ccnc3cc(-c4ccccc4)nn23)C1. The van der Waals surface area contributed by atoms with Gasteiger partial charge in [-0.3, -0.25) is 0 Å². The Balaban J connectivity index is 1.61. The van der Waals surface area contributed by atoms with Crippen LogP contribution in [0.15, 0.2) is 48.7 Å². The van der Waals surface area contributed by atoms with E-state index in [-0.39, 0.29) is 12.0 Å². The van der Waals surface area contributed by atoms with Gasteiger partial charge < -0.3 is 9.64 Å². The second-order valence-electron chi connectivity index (χ2n) is 8.30. The number of rotatable bonds is 2. The standard InChI is InChI=1S/C22H26N4O2/c1-22(2,3)28-21(27)25-13-7-10-17(15-25)19-11-12-23-20-14-18(24-26(19)20)16-8-5-4-6-9-16/h4-6,8-9,11-12,14,17H,7,10,13,15H2,1-3H3/t17-/m1/s1. The van der Waals surface area contributed by atoms with Crippen molar-refractivity contribution in [2.75, 3.05) is 13.1 Å². The summed E-state index contributed by atoms with van der Waals surface area (Å²) in [5.41, 5.74) is 3.39. The topological polar surface area (TPSA) is 59.7 Å². The zero-order chi connectivity index (χ0) is 19.7. The van der Waals surface area contributed by atoms with Crippen LogP contribution in [0.1, 0.15) is 45.2 Å². The average molecular weight is 378 g/mol. The molecule has 0 aliphatic carbocycles. The van der Waals surface area contributed by atoms with Crippen LogP contribution in [-0.4, -0.2) is 44.3 Å². The highest BCUT2D eigenvalue weighted by Gasteiger charge is 2.29. The smallest absolute Gasteiger partial charge is 0.410 e. The maximum Gasteiger partial charge on any atom is 0.410 e. The highest BCUT2D eigenvalue weighted by Crippen LogP contribution is 2.29. The van der Waals surface area contributed by atoms with Crippen molar-refractivity contribution in [1.82, 2.24) is 19.5 Å². The fourth-order valence-electron chi connectivity index (χ4n) is 3.68. The second kappa shape index (κ2) is 7.26. The number of carbonyl (C=O) groups is 1. The van der Waals surface area contributed by atoms with E-state index >= 15 is 0 Å². The highest BCUT2D eigenvalue weighted by atomic mass is 16.6. The number of hydrogen-bond donors (Lipinski definition) is 0. The van der Waals surface area contributed by atoms with Gasteiger partial charge in [-0.15, -0.1) is 0 Å². The van der Waals surface area contributed by atoms with Gasteiger partial charge in [0.2, 0.25) is 0 Å². The fourth-order valence-corrected chi connectivity index (χ4v) is 3.68. The summed E-state index contributed by atoms with van der Waals surface area (Å²) in [5.74, 6) is 0.204. The molecule has 146 valence electrons. The van der Waals surface area contributed by atoms with Crippen molar-refractivity contribution >= 4 is 11.7 Å². The van der Waals surface area contributed by atoms with Gasteiger partial charge >= 0.3 is 6.09 Å². The van der Waals surface area contributed by atoms with Gasteiger partial charge in [-0.05, 0) is 39.7 Å². The van der Waals surface area contributed by atoms with Crippen LogP contribution in [-0.2, 0) is 4.74 Å².